The minimum Gasteiger partial charge on any atom is -0.497 e. The molecule has 0 fully saturated rings. The Morgan fingerprint density at radius 3 is 2.89 bits per heavy atom. The van der Waals surface area contributed by atoms with Gasteiger partial charge in [0.25, 0.3) is 5.91 Å². The van der Waals surface area contributed by atoms with Crippen molar-refractivity contribution in [3.05, 3.63) is 65.0 Å². The fraction of sp³-hybridized carbons (Fsp3) is 0.222. The zero-order valence-electron chi connectivity index (χ0n) is 14.8. The Labute approximate surface area is 160 Å². The van der Waals surface area contributed by atoms with Crippen LogP contribution in [0.1, 0.15) is 34.8 Å². The summed E-state index contributed by atoms with van der Waals surface area (Å²) in [5.74, 6) is 0.840. The zero-order chi connectivity index (χ0) is 19.2. The second-order valence-electron chi connectivity index (χ2n) is 5.69. The van der Waals surface area contributed by atoms with Gasteiger partial charge in [-0.15, -0.1) is 0 Å². The third kappa shape index (κ3) is 4.73. The van der Waals surface area contributed by atoms with Crippen LogP contribution >= 0.6 is 11.6 Å². The Hall–Kier alpha value is -3.13. The van der Waals surface area contributed by atoms with E-state index in [0.29, 0.717) is 27.9 Å². The number of carbonyl (C=O) groups is 1. The number of aromatic amines is 1. The molecule has 0 spiro atoms. The Bertz CT molecular complexity index is 916. The van der Waals surface area contributed by atoms with Crippen molar-refractivity contribution < 1.29 is 14.3 Å². The van der Waals surface area contributed by atoms with Gasteiger partial charge in [0.05, 0.1) is 29.6 Å². The first-order valence-electron chi connectivity index (χ1n) is 8.14. The fourth-order valence-corrected chi connectivity index (χ4v) is 2.56. The van der Waals surface area contributed by atoms with Gasteiger partial charge in [0.15, 0.2) is 0 Å². The van der Waals surface area contributed by atoms with Crippen molar-refractivity contribution in [2.24, 2.45) is 0 Å². The largest absolute Gasteiger partial charge is 0.497 e. The predicted molar refractivity (Wildman–Crippen MR) is 98.8 cm³/mol. The molecule has 0 bridgehead atoms. The van der Waals surface area contributed by atoms with E-state index in [1.807, 2.05) is 6.92 Å². The van der Waals surface area contributed by atoms with Gasteiger partial charge < -0.3 is 14.8 Å². The smallest absolute Gasteiger partial charge is 0.272 e. The van der Waals surface area contributed by atoms with Crippen LogP contribution in [-0.2, 0) is 6.61 Å². The van der Waals surface area contributed by atoms with E-state index >= 15 is 0 Å². The lowest BCUT2D eigenvalue weighted by molar-refractivity contribution is 0.0934. The molecular weight excluding hydrogens is 370 g/mol. The van der Waals surface area contributed by atoms with E-state index in [1.54, 1.807) is 43.6 Å². The van der Waals surface area contributed by atoms with Gasteiger partial charge >= 0.3 is 0 Å². The van der Waals surface area contributed by atoms with E-state index in [4.69, 9.17) is 21.1 Å². The van der Waals surface area contributed by atoms with Gasteiger partial charge in [-0.25, -0.2) is 9.97 Å². The Morgan fingerprint density at radius 2 is 2.19 bits per heavy atom. The van der Waals surface area contributed by atoms with Gasteiger partial charge in [0, 0.05) is 12.3 Å². The number of hydrogen-bond donors (Lipinski definition) is 2. The maximum atomic E-state index is 12.3. The number of benzene rings is 1. The molecule has 2 N–H and O–H groups in total. The van der Waals surface area contributed by atoms with Crippen molar-refractivity contribution in [3.63, 3.8) is 0 Å². The summed E-state index contributed by atoms with van der Waals surface area (Å²) in [6, 6.07) is 8.23. The Balaban J connectivity index is 1.58. The number of amides is 1. The summed E-state index contributed by atoms with van der Waals surface area (Å²) in [4.78, 5) is 20.3. The van der Waals surface area contributed by atoms with Gasteiger partial charge in [-0.2, -0.15) is 5.10 Å². The molecule has 0 aliphatic rings. The molecule has 0 aliphatic heterocycles. The van der Waals surface area contributed by atoms with Gasteiger partial charge in [-0.05, 0) is 31.2 Å². The molecule has 0 saturated heterocycles. The summed E-state index contributed by atoms with van der Waals surface area (Å²) in [6.45, 7) is 2.02. The first kappa shape index (κ1) is 18.7. The molecule has 8 nitrogen and oxygen atoms in total. The van der Waals surface area contributed by atoms with Gasteiger partial charge in [0.1, 0.15) is 30.1 Å². The highest BCUT2D eigenvalue weighted by atomic mass is 35.5. The Kier molecular flexibility index (Phi) is 5.87. The number of hydrogen-bond acceptors (Lipinski definition) is 6. The van der Waals surface area contributed by atoms with Crippen molar-refractivity contribution >= 4 is 17.5 Å². The molecule has 1 aromatic carbocycles. The van der Waals surface area contributed by atoms with Crippen molar-refractivity contribution in [3.8, 4) is 11.5 Å². The van der Waals surface area contributed by atoms with Crippen LogP contribution < -0.4 is 14.8 Å². The molecule has 3 rings (SSSR count). The summed E-state index contributed by atoms with van der Waals surface area (Å²) >= 11 is 6.14. The topological polar surface area (TPSA) is 102 Å². The third-order valence-electron chi connectivity index (χ3n) is 3.78. The average molecular weight is 388 g/mol. The summed E-state index contributed by atoms with van der Waals surface area (Å²) < 4.78 is 10.8. The van der Waals surface area contributed by atoms with E-state index < -0.39 is 0 Å². The second kappa shape index (κ2) is 8.50. The number of H-pyrrole nitrogens is 1. The van der Waals surface area contributed by atoms with Crippen LogP contribution in [0, 0.1) is 0 Å². The molecular formula is C18H18ClN5O3. The first-order valence-corrected chi connectivity index (χ1v) is 8.52. The highest BCUT2D eigenvalue weighted by Crippen LogP contribution is 2.29. The van der Waals surface area contributed by atoms with E-state index in [-0.39, 0.29) is 24.2 Å². The normalized spacial score (nSPS) is 11.7. The molecule has 1 amide bonds. The molecule has 0 radical (unpaired) electrons. The summed E-state index contributed by atoms with van der Waals surface area (Å²) in [5, 5.41) is 10.1. The van der Waals surface area contributed by atoms with Crippen molar-refractivity contribution in [1.29, 1.82) is 0 Å². The number of methoxy groups -OCH3 is 1. The van der Waals surface area contributed by atoms with Crippen LogP contribution in [0.5, 0.6) is 11.5 Å². The number of carbonyl (C=O) groups excluding carboxylic acids is 1. The van der Waals surface area contributed by atoms with Crippen molar-refractivity contribution in [2.45, 2.75) is 19.6 Å². The Morgan fingerprint density at radius 1 is 1.33 bits per heavy atom. The lowest BCUT2D eigenvalue weighted by Crippen LogP contribution is -2.27. The van der Waals surface area contributed by atoms with E-state index in [0.717, 1.165) is 0 Å². The van der Waals surface area contributed by atoms with E-state index in [1.165, 1.54) is 6.33 Å². The summed E-state index contributed by atoms with van der Waals surface area (Å²) in [7, 11) is 1.56. The number of nitrogens with one attached hydrogen (secondary N) is 2. The quantitative estimate of drug-likeness (QED) is 0.646. The van der Waals surface area contributed by atoms with Crippen molar-refractivity contribution in [1.82, 2.24) is 25.5 Å². The molecule has 2 aromatic heterocycles. The highest BCUT2D eigenvalue weighted by molar-refractivity contribution is 6.32. The number of nitrogens with zero attached hydrogens (tertiary/aromatic N) is 3. The minimum absolute atomic E-state index is 0.188. The molecule has 0 unspecified atom stereocenters. The van der Waals surface area contributed by atoms with Crippen LogP contribution in [-0.4, -0.2) is 33.2 Å². The maximum absolute atomic E-state index is 12.3. The third-order valence-corrected chi connectivity index (χ3v) is 4.08. The van der Waals surface area contributed by atoms with Crippen LogP contribution in [0.4, 0.5) is 0 Å². The summed E-state index contributed by atoms with van der Waals surface area (Å²) in [5.41, 5.74) is 1.61. The number of ether oxygens (including phenoxy) is 2. The fourth-order valence-electron chi connectivity index (χ4n) is 2.33. The minimum atomic E-state index is -0.314. The monoisotopic (exact) mass is 387 g/mol. The number of rotatable bonds is 7. The molecule has 1 atom stereocenters. The van der Waals surface area contributed by atoms with Crippen LogP contribution in [0.3, 0.4) is 0 Å². The van der Waals surface area contributed by atoms with Gasteiger partial charge in [-0.1, -0.05) is 11.6 Å². The van der Waals surface area contributed by atoms with Crippen LogP contribution in [0.2, 0.25) is 5.02 Å². The molecule has 0 aliphatic carbocycles. The summed E-state index contributed by atoms with van der Waals surface area (Å²) in [6.07, 6.45) is 3.06. The van der Waals surface area contributed by atoms with E-state index in [2.05, 4.69) is 25.5 Å². The predicted octanol–water partition coefficient (Wildman–Crippen LogP) is 2.93. The van der Waals surface area contributed by atoms with Crippen LogP contribution in [0.15, 0.2) is 42.9 Å². The number of aromatic nitrogens is 4. The van der Waals surface area contributed by atoms with Gasteiger partial charge in [0.2, 0.25) is 0 Å². The molecule has 140 valence electrons. The molecule has 0 saturated carbocycles. The molecule has 3 aromatic rings. The van der Waals surface area contributed by atoms with Crippen molar-refractivity contribution in [2.75, 3.05) is 7.11 Å². The lowest BCUT2D eigenvalue weighted by Gasteiger charge is -2.11. The average Bonchev–Trinajstić information content (AvgIpc) is 3.16. The zero-order valence-corrected chi connectivity index (χ0v) is 15.5. The molecule has 27 heavy (non-hydrogen) atoms. The number of halogens is 1. The van der Waals surface area contributed by atoms with Crippen LogP contribution in [0.25, 0.3) is 0 Å². The van der Waals surface area contributed by atoms with E-state index in [9.17, 15) is 4.79 Å². The standard InChI is InChI=1S/C18H18ClN5O3/c1-11(15-5-6-20-10-21-15)22-18(25)16-7-12(23-24-16)9-27-17-4-3-13(26-2)8-14(17)19/h3-8,10-11H,9H2,1-2H3,(H,22,25)(H,23,24)/t11-/m0/s1. The second-order valence-corrected chi connectivity index (χ2v) is 6.10. The molecule has 2 heterocycles. The van der Waals surface area contributed by atoms with Gasteiger partial charge in [-0.3, -0.25) is 9.89 Å². The molecule has 9 heteroatoms. The first-order chi connectivity index (χ1) is 13.1. The highest BCUT2D eigenvalue weighted by Gasteiger charge is 2.15. The lowest BCUT2D eigenvalue weighted by atomic mass is 10.2. The SMILES string of the molecule is COc1ccc(OCc2cc(C(=O)N[C@@H](C)c3ccncn3)n[nH]2)c(Cl)c1. The maximum Gasteiger partial charge on any atom is 0.272 e.